The van der Waals surface area contributed by atoms with Crippen LogP contribution in [0.25, 0.3) is 0 Å². The van der Waals surface area contributed by atoms with E-state index in [2.05, 4.69) is 19.9 Å². The van der Waals surface area contributed by atoms with E-state index in [1.54, 1.807) is 18.5 Å². The largest absolute Gasteiger partial charge is 0.392 e. The molecule has 0 saturated heterocycles. The highest BCUT2D eigenvalue weighted by molar-refractivity contribution is 7.89. The highest BCUT2D eigenvalue weighted by Crippen LogP contribution is 2.12. The van der Waals surface area contributed by atoms with Crippen molar-refractivity contribution in [1.82, 2.24) is 19.9 Å². The normalized spacial score (nSPS) is 11.7. The first-order valence-corrected chi connectivity index (χ1v) is 7.05. The van der Waals surface area contributed by atoms with Crippen LogP contribution in [0.1, 0.15) is 16.7 Å². The Morgan fingerprint density at radius 2 is 2.16 bits per heavy atom. The van der Waals surface area contributed by atoms with Crippen LogP contribution in [-0.2, 0) is 23.2 Å². The lowest BCUT2D eigenvalue weighted by atomic mass is 10.2. The molecule has 2 heterocycles. The molecule has 2 aromatic rings. The van der Waals surface area contributed by atoms with E-state index in [-0.39, 0.29) is 23.7 Å². The van der Waals surface area contributed by atoms with Crippen LogP contribution in [0.15, 0.2) is 29.7 Å². The van der Waals surface area contributed by atoms with Crippen molar-refractivity contribution in [2.45, 2.75) is 25.1 Å². The van der Waals surface area contributed by atoms with Gasteiger partial charge in [-0.1, -0.05) is 0 Å². The van der Waals surface area contributed by atoms with E-state index in [0.717, 1.165) is 11.1 Å². The summed E-state index contributed by atoms with van der Waals surface area (Å²) in [4.78, 5) is 3.94. The Hall–Kier alpha value is -1.77. The van der Waals surface area contributed by atoms with Crippen LogP contribution in [-0.4, -0.2) is 28.7 Å². The fraction of sp³-hybridized carbons (Fsp3) is 0.273. The van der Waals surface area contributed by atoms with Gasteiger partial charge in [-0.25, -0.2) is 13.1 Å². The average molecular weight is 282 g/mol. The van der Waals surface area contributed by atoms with Crippen molar-refractivity contribution in [1.29, 1.82) is 0 Å². The lowest BCUT2D eigenvalue weighted by Crippen LogP contribution is -2.25. The Morgan fingerprint density at radius 1 is 1.37 bits per heavy atom. The maximum atomic E-state index is 12.0. The molecule has 19 heavy (non-hydrogen) atoms. The molecule has 7 nitrogen and oxygen atoms in total. The number of aliphatic hydroxyl groups is 1. The Balaban J connectivity index is 2.17. The molecular formula is C11H14N4O3S. The SMILES string of the molecule is Cc1cnccc1CNS(=O)(=O)c1[nH]ncc1CO. The van der Waals surface area contributed by atoms with Gasteiger partial charge in [0.2, 0.25) is 0 Å². The molecule has 0 aliphatic heterocycles. The van der Waals surface area contributed by atoms with Crippen LogP contribution in [0.5, 0.6) is 0 Å². The molecule has 0 radical (unpaired) electrons. The molecule has 0 spiro atoms. The first-order chi connectivity index (χ1) is 9.04. The van der Waals surface area contributed by atoms with E-state index in [9.17, 15) is 8.42 Å². The maximum absolute atomic E-state index is 12.0. The number of aromatic amines is 1. The summed E-state index contributed by atoms with van der Waals surface area (Å²) < 4.78 is 26.6. The number of aryl methyl sites for hydroxylation is 1. The minimum Gasteiger partial charge on any atom is -0.392 e. The number of pyridine rings is 1. The number of H-pyrrole nitrogens is 1. The lowest BCUT2D eigenvalue weighted by Gasteiger charge is -2.08. The molecule has 0 saturated carbocycles. The topological polar surface area (TPSA) is 108 Å². The highest BCUT2D eigenvalue weighted by Gasteiger charge is 2.20. The van der Waals surface area contributed by atoms with Crippen LogP contribution in [0.2, 0.25) is 0 Å². The number of hydrogen-bond acceptors (Lipinski definition) is 5. The van der Waals surface area contributed by atoms with E-state index in [1.165, 1.54) is 6.20 Å². The molecule has 0 aromatic carbocycles. The van der Waals surface area contributed by atoms with Gasteiger partial charge in [0.15, 0.2) is 5.03 Å². The predicted molar refractivity (Wildman–Crippen MR) is 67.5 cm³/mol. The first-order valence-electron chi connectivity index (χ1n) is 5.57. The number of aliphatic hydroxyl groups excluding tert-OH is 1. The van der Waals surface area contributed by atoms with Gasteiger partial charge in [0, 0.05) is 24.5 Å². The van der Waals surface area contributed by atoms with Gasteiger partial charge in [-0.15, -0.1) is 0 Å². The number of rotatable bonds is 5. The zero-order valence-electron chi connectivity index (χ0n) is 10.3. The van der Waals surface area contributed by atoms with Gasteiger partial charge in [0.05, 0.1) is 12.8 Å². The summed E-state index contributed by atoms with van der Waals surface area (Å²) >= 11 is 0. The van der Waals surface area contributed by atoms with Crippen LogP contribution < -0.4 is 4.72 Å². The molecule has 8 heteroatoms. The summed E-state index contributed by atoms with van der Waals surface area (Å²) in [5.74, 6) is 0. The Labute approximate surface area is 110 Å². The smallest absolute Gasteiger partial charge is 0.258 e. The van der Waals surface area contributed by atoms with Crippen molar-refractivity contribution >= 4 is 10.0 Å². The van der Waals surface area contributed by atoms with Crippen molar-refractivity contribution < 1.29 is 13.5 Å². The third-order valence-electron chi connectivity index (χ3n) is 2.71. The van der Waals surface area contributed by atoms with Gasteiger partial charge >= 0.3 is 0 Å². The third kappa shape index (κ3) is 2.98. The zero-order chi connectivity index (χ0) is 13.9. The molecule has 0 atom stereocenters. The van der Waals surface area contributed by atoms with Crippen molar-refractivity contribution in [2.24, 2.45) is 0 Å². The number of nitrogens with one attached hydrogen (secondary N) is 2. The number of hydrogen-bond donors (Lipinski definition) is 3. The summed E-state index contributed by atoms with van der Waals surface area (Å²) in [6.45, 7) is 1.62. The Morgan fingerprint density at radius 3 is 2.84 bits per heavy atom. The molecule has 0 bridgehead atoms. The second-order valence-corrected chi connectivity index (χ2v) is 5.71. The van der Waals surface area contributed by atoms with Crippen LogP contribution >= 0.6 is 0 Å². The molecule has 0 fully saturated rings. The quantitative estimate of drug-likeness (QED) is 0.720. The minimum atomic E-state index is -3.72. The van der Waals surface area contributed by atoms with Crippen molar-refractivity contribution in [3.8, 4) is 0 Å². The zero-order valence-corrected chi connectivity index (χ0v) is 11.1. The molecule has 0 aliphatic rings. The highest BCUT2D eigenvalue weighted by atomic mass is 32.2. The predicted octanol–water partition coefficient (Wildman–Crippen LogP) is 0.0839. The molecule has 2 aromatic heterocycles. The van der Waals surface area contributed by atoms with Gasteiger partial charge < -0.3 is 5.11 Å². The van der Waals surface area contributed by atoms with Crippen molar-refractivity contribution in [3.05, 3.63) is 41.3 Å². The second-order valence-electron chi connectivity index (χ2n) is 4.01. The maximum Gasteiger partial charge on any atom is 0.258 e. The van der Waals surface area contributed by atoms with Crippen LogP contribution in [0, 0.1) is 6.92 Å². The molecule has 102 valence electrons. The summed E-state index contributed by atoms with van der Waals surface area (Å²) in [6.07, 6.45) is 4.55. The van der Waals surface area contributed by atoms with Gasteiger partial charge in [-0.3, -0.25) is 10.1 Å². The summed E-state index contributed by atoms with van der Waals surface area (Å²) in [5.41, 5.74) is 1.97. The second kappa shape index (κ2) is 5.47. The molecule has 0 amide bonds. The molecule has 2 rings (SSSR count). The Bertz CT molecular complexity index is 666. The summed E-state index contributed by atoms with van der Waals surface area (Å²) in [6, 6.07) is 1.75. The Kier molecular flexibility index (Phi) is 3.93. The summed E-state index contributed by atoms with van der Waals surface area (Å²) in [7, 11) is -3.72. The molecule has 0 unspecified atom stereocenters. The molecule has 0 aliphatic carbocycles. The first kappa shape index (κ1) is 13.7. The van der Waals surface area contributed by atoms with E-state index in [0.29, 0.717) is 0 Å². The van der Waals surface area contributed by atoms with E-state index in [1.807, 2.05) is 6.92 Å². The minimum absolute atomic E-state index is 0.110. The summed E-state index contributed by atoms with van der Waals surface area (Å²) in [5, 5.41) is 14.9. The van der Waals surface area contributed by atoms with Gasteiger partial charge in [0.1, 0.15) is 0 Å². The van der Waals surface area contributed by atoms with Crippen LogP contribution in [0.4, 0.5) is 0 Å². The fourth-order valence-electron chi connectivity index (χ4n) is 1.59. The van der Waals surface area contributed by atoms with E-state index < -0.39 is 10.0 Å². The van der Waals surface area contributed by atoms with Gasteiger partial charge in [-0.05, 0) is 24.1 Å². The van der Waals surface area contributed by atoms with E-state index >= 15 is 0 Å². The van der Waals surface area contributed by atoms with Crippen molar-refractivity contribution in [2.75, 3.05) is 0 Å². The number of nitrogens with zero attached hydrogens (tertiary/aromatic N) is 2. The van der Waals surface area contributed by atoms with Gasteiger partial charge in [-0.2, -0.15) is 5.10 Å². The monoisotopic (exact) mass is 282 g/mol. The van der Waals surface area contributed by atoms with Crippen molar-refractivity contribution in [3.63, 3.8) is 0 Å². The lowest BCUT2D eigenvalue weighted by molar-refractivity contribution is 0.278. The third-order valence-corrected chi connectivity index (χ3v) is 4.12. The van der Waals surface area contributed by atoms with E-state index in [4.69, 9.17) is 5.11 Å². The van der Waals surface area contributed by atoms with Crippen LogP contribution in [0.3, 0.4) is 0 Å². The number of aromatic nitrogens is 3. The number of sulfonamides is 1. The van der Waals surface area contributed by atoms with Gasteiger partial charge in [0.25, 0.3) is 10.0 Å². The average Bonchev–Trinajstić information content (AvgIpc) is 2.87. The molecule has 3 N–H and O–H groups in total. The fourth-order valence-corrected chi connectivity index (χ4v) is 2.72. The molecular weight excluding hydrogens is 268 g/mol. The standard InChI is InChI=1S/C11H14N4O3S/c1-8-4-12-3-2-9(8)6-14-19(17,18)11-10(7-16)5-13-15-11/h2-5,14,16H,6-7H2,1H3,(H,13,15).